The van der Waals surface area contributed by atoms with Crippen LogP contribution in [0.5, 0.6) is 0 Å². The predicted molar refractivity (Wildman–Crippen MR) is 134 cm³/mol. The van der Waals surface area contributed by atoms with Gasteiger partial charge in [-0.25, -0.2) is 14.7 Å². The first kappa shape index (κ1) is 24.4. The van der Waals surface area contributed by atoms with Crippen LogP contribution in [-0.2, 0) is 34.2 Å². The molecule has 0 amide bonds. The van der Waals surface area contributed by atoms with Crippen molar-refractivity contribution in [3.63, 3.8) is 0 Å². The van der Waals surface area contributed by atoms with Crippen LogP contribution in [0.15, 0.2) is 78.9 Å². The fraction of sp³-hybridized carbons (Fsp3) is 0.250. The van der Waals surface area contributed by atoms with Gasteiger partial charge in [-0.1, -0.05) is 72.5 Å². The molecule has 0 aromatic heterocycles. The molecule has 0 radical (unpaired) electrons. The van der Waals surface area contributed by atoms with Crippen LogP contribution in [0.1, 0.15) is 0 Å². The third kappa shape index (κ3) is 5.18. The molecule has 0 aliphatic carbocycles. The number of nitrogens with zero attached hydrogens (tertiary/aromatic N) is 3. The molecule has 4 aliphatic heterocycles. The number of rotatable bonds is 3. The van der Waals surface area contributed by atoms with Gasteiger partial charge in [0, 0.05) is 19.8 Å². The van der Waals surface area contributed by atoms with Crippen molar-refractivity contribution >= 4 is 41.7 Å². The largest absolute Gasteiger partial charge is 1.00 e. The Morgan fingerprint density at radius 3 is 1.59 bits per heavy atom. The second-order valence-electron chi connectivity index (χ2n) is 8.33. The van der Waals surface area contributed by atoms with E-state index in [1.165, 1.54) is 51.0 Å². The Morgan fingerprint density at radius 2 is 1.22 bits per heavy atom. The quantitative estimate of drug-likeness (QED) is 0.241. The summed E-state index contributed by atoms with van der Waals surface area (Å²) >= 11 is 6.10. The van der Waals surface area contributed by atoms with Crippen molar-refractivity contribution in [2.75, 3.05) is 38.9 Å². The van der Waals surface area contributed by atoms with E-state index in [1.807, 2.05) is 60.7 Å². The van der Waals surface area contributed by atoms with Gasteiger partial charge in [-0.15, -0.1) is 17.4 Å². The third-order valence-electron chi connectivity index (χ3n) is 5.88. The van der Waals surface area contributed by atoms with E-state index in [0.717, 1.165) is 15.9 Å². The Balaban J connectivity index is 0.000000185. The summed E-state index contributed by atoms with van der Waals surface area (Å²) in [6, 6.07) is 25.5. The summed E-state index contributed by atoms with van der Waals surface area (Å²) in [5, 5.41) is 3.07. The second kappa shape index (κ2) is 10.7. The predicted octanol–water partition coefficient (Wildman–Crippen LogP) is 3.27. The zero-order chi connectivity index (χ0) is 21.3. The van der Waals surface area contributed by atoms with Crippen molar-refractivity contribution in [3.8, 4) is 0 Å². The number of benzene rings is 3. The zero-order valence-corrected chi connectivity index (χ0v) is 22.5. The summed E-state index contributed by atoms with van der Waals surface area (Å²) in [6.07, 6.45) is 4.37. The molecule has 3 aromatic rings. The van der Waals surface area contributed by atoms with Gasteiger partial charge >= 0.3 is 22.4 Å². The molecule has 32 heavy (non-hydrogen) atoms. The topological polar surface area (TPSA) is 9.72 Å². The minimum absolute atomic E-state index is 0. The van der Waals surface area contributed by atoms with E-state index in [4.69, 9.17) is 11.8 Å². The molecular formula is C24H26AuFN3P2S+. The van der Waals surface area contributed by atoms with E-state index in [2.05, 4.69) is 20.8 Å². The first-order valence-electron chi connectivity index (χ1n) is 10.5. The van der Waals surface area contributed by atoms with Crippen molar-refractivity contribution in [2.45, 2.75) is 0 Å². The van der Waals surface area contributed by atoms with E-state index < -0.39 is 6.04 Å². The van der Waals surface area contributed by atoms with Gasteiger partial charge in [0.15, 0.2) is 0 Å². The van der Waals surface area contributed by atoms with Gasteiger partial charge in [0.2, 0.25) is 0 Å². The van der Waals surface area contributed by atoms with Crippen LogP contribution < -0.4 is 15.9 Å². The fourth-order valence-electron chi connectivity index (χ4n) is 4.68. The first-order valence-corrected chi connectivity index (χ1v) is 15.4. The third-order valence-corrected chi connectivity index (χ3v) is 13.4. The van der Waals surface area contributed by atoms with Crippen LogP contribution in [0, 0.1) is 11.9 Å². The van der Waals surface area contributed by atoms with Crippen molar-refractivity contribution in [1.82, 2.24) is 14.7 Å². The van der Waals surface area contributed by atoms with E-state index in [1.54, 1.807) is 6.07 Å². The molecule has 8 heteroatoms. The van der Waals surface area contributed by atoms with Crippen LogP contribution in [0.2, 0.25) is 0 Å². The van der Waals surface area contributed by atoms with E-state index in [-0.39, 0.29) is 36.1 Å². The molecule has 4 bridgehead atoms. The summed E-state index contributed by atoms with van der Waals surface area (Å²) in [5.41, 5.74) is 0. The summed E-state index contributed by atoms with van der Waals surface area (Å²) in [7, 11) is 0.0297. The molecule has 3 nitrogen and oxygen atoms in total. The minimum atomic E-state index is -2.19. The van der Waals surface area contributed by atoms with Gasteiger partial charge < -0.3 is 0 Å². The Bertz CT molecular complexity index is 970. The summed E-state index contributed by atoms with van der Waals surface area (Å²) in [5.74, 6) is -0.290. The van der Waals surface area contributed by atoms with Gasteiger partial charge in [0.05, 0.1) is 20.0 Å². The maximum Gasteiger partial charge on any atom is 1.00 e. The Hall–Kier alpha value is -0.710. The minimum Gasteiger partial charge on any atom is -0.284 e. The number of halogens is 1. The molecule has 0 atom stereocenters. The van der Waals surface area contributed by atoms with Gasteiger partial charge in [-0.3, -0.25) is 4.39 Å². The average Bonchev–Trinajstić information content (AvgIpc) is 2.80. The Morgan fingerprint density at radius 1 is 0.750 bits per heavy atom. The number of hydrogen-bond acceptors (Lipinski definition) is 4. The molecule has 4 fully saturated rings. The van der Waals surface area contributed by atoms with Gasteiger partial charge in [-0.05, 0) is 10.6 Å². The average molecular weight is 666 g/mol. The van der Waals surface area contributed by atoms with E-state index >= 15 is 0 Å². The molecule has 7 rings (SSSR count). The van der Waals surface area contributed by atoms with Gasteiger partial charge in [0.25, 0.3) is 0 Å². The normalized spacial score (nSPS) is 25.4. The van der Waals surface area contributed by atoms with Crippen molar-refractivity contribution in [1.29, 1.82) is 0 Å². The van der Waals surface area contributed by atoms with Crippen LogP contribution in [0.25, 0.3) is 0 Å². The van der Waals surface area contributed by atoms with Crippen molar-refractivity contribution in [3.05, 3.63) is 90.7 Å². The van der Waals surface area contributed by atoms with E-state index in [0.29, 0.717) is 0 Å². The fourth-order valence-corrected chi connectivity index (χ4v) is 11.1. The van der Waals surface area contributed by atoms with Crippen LogP contribution in [-0.4, -0.2) is 53.6 Å². The van der Waals surface area contributed by atoms with Gasteiger partial charge in [0.1, 0.15) is 18.9 Å². The first-order chi connectivity index (χ1) is 15.1. The smallest absolute Gasteiger partial charge is 0.284 e. The molecule has 0 N–H and O–H groups in total. The van der Waals surface area contributed by atoms with Crippen LogP contribution >= 0.6 is 14.0 Å². The maximum atomic E-state index is 13.2. The summed E-state index contributed by atoms with van der Waals surface area (Å²) < 4.78 is 13.2. The molecule has 3 aromatic carbocycles. The monoisotopic (exact) mass is 666 g/mol. The molecule has 4 heterocycles. The summed E-state index contributed by atoms with van der Waals surface area (Å²) in [6.45, 7) is 3.76. The van der Waals surface area contributed by atoms with Crippen molar-refractivity contribution < 1.29 is 26.8 Å². The maximum absolute atomic E-state index is 13.2. The van der Waals surface area contributed by atoms with Crippen LogP contribution in [0.4, 0.5) is 4.39 Å². The van der Waals surface area contributed by atoms with Crippen molar-refractivity contribution in [2.24, 2.45) is 0 Å². The molecule has 0 unspecified atom stereocenters. The Kier molecular flexibility index (Phi) is 8.16. The zero-order valence-electron chi connectivity index (χ0n) is 17.6. The molecule has 0 spiro atoms. The standard InChI is InChI=1S/C18H13FPS.C6H12N3P.Au/c19-15-11-13-18(14-12-15)20(21,16-7-3-1-4-8-16)17-9-5-2-6-10-17;1-7-2-9-3-8(1)5-10(4-7)6-9;/h1-13H;1-6H2;/q-1;;+1/p+1. The SMILES string of the molecule is C1N2CN3CN1C[PH+](C2)C3.Fc1c[c-]c(P(=S)(c2ccccc2)c2ccccc2)cc1.[Au+]. The summed E-state index contributed by atoms with van der Waals surface area (Å²) in [4.78, 5) is 7.76. The molecular weight excluding hydrogens is 640 g/mol. The van der Waals surface area contributed by atoms with Crippen LogP contribution in [0.3, 0.4) is 0 Å². The second-order valence-corrected chi connectivity index (χ2v) is 15.2. The number of hydrogen-bond donors (Lipinski definition) is 0. The molecule has 4 saturated heterocycles. The Labute approximate surface area is 211 Å². The van der Waals surface area contributed by atoms with E-state index in [9.17, 15) is 4.39 Å². The molecule has 0 saturated carbocycles. The molecule has 4 aliphatic rings. The van der Waals surface area contributed by atoms with Gasteiger partial charge in [-0.2, -0.15) is 12.1 Å². The molecule has 170 valence electrons.